The summed E-state index contributed by atoms with van der Waals surface area (Å²) in [5.74, 6) is -3.36. The number of amides is 2. The molecule has 0 bridgehead atoms. The highest BCUT2D eigenvalue weighted by Gasteiger charge is 2.27. The number of unbranched alkanes of at least 4 members (excludes halogenated alkanes) is 1. The molecule has 23 heavy (non-hydrogen) atoms. The highest BCUT2D eigenvalue weighted by Crippen LogP contribution is 2.04. The molecule has 0 spiro atoms. The van der Waals surface area contributed by atoms with E-state index in [0.29, 0.717) is 12.8 Å². The summed E-state index contributed by atoms with van der Waals surface area (Å²) in [6.07, 6.45) is 0.841. The van der Waals surface area contributed by atoms with Crippen LogP contribution < -0.4 is 10.6 Å². The average Bonchev–Trinajstić information content (AvgIpc) is 2.45. The van der Waals surface area contributed by atoms with Gasteiger partial charge in [0, 0.05) is 18.6 Å². The van der Waals surface area contributed by atoms with E-state index in [1.807, 2.05) is 0 Å². The second kappa shape index (κ2) is 10.9. The molecule has 0 heterocycles. The van der Waals surface area contributed by atoms with Gasteiger partial charge in [-0.2, -0.15) is 12.6 Å². The summed E-state index contributed by atoms with van der Waals surface area (Å²) < 4.78 is 0. The first kappa shape index (κ1) is 21.2. The molecule has 0 radical (unpaired) electrons. The summed E-state index contributed by atoms with van der Waals surface area (Å²) in [4.78, 5) is 45.2. The third-order valence-corrected chi connectivity index (χ3v) is 3.47. The first-order valence-electron chi connectivity index (χ1n) is 7.34. The Balaban J connectivity index is 4.41. The zero-order valence-corrected chi connectivity index (χ0v) is 14.1. The maximum atomic E-state index is 12.0. The molecule has 0 aliphatic rings. The van der Waals surface area contributed by atoms with E-state index in [1.54, 1.807) is 13.8 Å². The molecule has 8 nitrogen and oxygen atoms in total. The van der Waals surface area contributed by atoms with E-state index < -0.39 is 35.8 Å². The number of hydrogen-bond donors (Lipinski definition) is 5. The fourth-order valence-corrected chi connectivity index (χ4v) is 2.05. The predicted octanol–water partition coefficient (Wildman–Crippen LogP) is 0.271. The quantitative estimate of drug-likeness (QED) is 0.269. The lowest BCUT2D eigenvalue weighted by atomic mass is 10.0. The van der Waals surface area contributed by atoms with Crippen molar-refractivity contribution in [2.75, 3.05) is 5.75 Å². The molecule has 0 unspecified atom stereocenters. The van der Waals surface area contributed by atoms with Crippen molar-refractivity contribution in [2.24, 2.45) is 5.92 Å². The van der Waals surface area contributed by atoms with Crippen molar-refractivity contribution < 1.29 is 29.4 Å². The maximum Gasteiger partial charge on any atom is 0.326 e. The van der Waals surface area contributed by atoms with Crippen molar-refractivity contribution in [3.8, 4) is 0 Å². The van der Waals surface area contributed by atoms with E-state index in [0.717, 1.165) is 0 Å². The summed E-state index contributed by atoms with van der Waals surface area (Å²) in [6.45, 7) is 3.33. The predicted molar refractivity (Wildman–Crippen MR) is 86.3 cm³/mol. The van der Waals surface area contributed by atoms with Gasteiger partial charge >= 0.3 is 11.9 Å². The van der Waals surface area contributed by atoms with E-state index in [-0.39, 0.29) is 24.5 Å². The molecule has 0 aliphatic carbocycles. The van der Waals surface area contributed by atoms with Gasteiger partial charge in [-0.15, -0.1) is 0 Å². The zero-order valence-electron chi connectivity index (χ0n) is 13.2. The molecule has 132 valence electrons. The van der Waals surface area contributed by atoms with Crippen molar-refractivity contribution in [2.45, 2.75) is 51.6 Å². The van der Waals surface area contributed by atoms with Crippen LogP contribution in [0.4, 0.5) is 0 Å². The van der Waals surface area contributed by atoms with Crippen LogP contribution in [-0.4, -0.2) is 51.8 Å². The van der Waals surface area contributed by atoms with E-state index in [1.165, 1.54) is 0 Å². The number of thiol groups is 1. The Bertz CT molecular complexity index is 441. The van der Waals surface area contributed by atoms with Gasteiger partial charge in [-0.3, -0.25) is 14.4 Å². The molecule has 9 heteroatoms. The summed E-state index contributed by atoms with van der Waals surface area (Å²) in [5.41, 5.74) is 0. The first-order chi connectivity index (χ1) is 10.7. The lowest BCUT2D eigenvalue weighted by Gasteiger charge is -2.22. The molecule has 0 saturated heterocycles. The van der Waals surface area contributed by atoms with Crippen LogP contribution in [0.5, 0.6) is 0 Å². The molecular formula is C14H24N2O6S. The van der Waals surface area contributed by atoms with E-state index in [9.17, 15) is 19.2 Å². The van der Waals surface area contributed by atoms with Gasteiger partial charge in [-0.1, -0.05) is 13.8 Å². The van der Waals surface area contributed by atoms with Crippen molar-refractivity contribution in [1.29, 1.82) is 0 Å². The Morgan fingerprint density at radius 3 is 2.00 bits per heavy atom. The highest BCUT2D eigenvalue weighted by molar-refractivity contribution is 7.80. The van der Waals surface area contributed by atoms with E-state index in [4.69, 9.17) is 10.2 Å². The van der Waals surface area contributed by atoms with Gasteiger partial charge in [0.05, 0.1) is 0 Å². The summed E-state index contributed by atoms with van der Waals surface area (Å²) in [6, 6.07) is -1.98. The van der Waals surface area contributed by atoms with Gasteiger partial charge in [0.1, 0.15) is 12.1 Å². The second-order valence-electron chi connectivity index (χ2n) is 5.47. The van der Waals surface area contributed by atoms with Crippen molar-refractivity contribution in [1.82, 2.24) is 10.6 Å². The van der Waals surface area contributed by atoms with Crippen LogP contribution in [0.3, 0.4) is 0 Å². The molecular weight excluding hydrogens is 324 g/mol. The normalized spacial score (nSPS) is 13.2. The van der Waals surface area contributed by atoms with Crippen LogP contribution >= 0.6 is 12.6 Å². The molecule has 0 aromatic heterocycles. The third-order valence-electron chi connectivity index (χ3n) is 3.11. The van der Waals surface area contributed by atoms with Crippen LogP contribution in [-0.2, 0) is 19.2 Å². The van der Waals surface area contributed by atoms with Crippen molar-refractivity contribution in [3.63, 3.8) is 0 Å². The number of nitrogens with one attached hydrogen (secondary N) is 2. The van der Waals surface area contributed by atoms with Crippen molar-refractivity contribution in [3.05, 3.63) is 0 Å². The maximum absolute atomic E-state index is 12.0. The van der Waals surface area contributed by atoms with E-state index >= 15 is 0 Å². The van der Waals surface area contributed by atoms with Crippen LogP contribution in [0.25, 0.3) is 0 Å². The van der Waals surface area contributed by atoms with Crippen LogP contribution in [0.15, 0.2) is 0 Å². The average molecular weight is 348 g/mol. The molecule has 0 aromatic carbocycles. The lowest BCUT2D eigenvalue weighted by molar-refractivity contribution is -0.143. The summed E-state index contributed by atoms with van der Waals surface area (Å²) in [7, 11) is 0. The number of carbonyl (C=O) groups is 4. The van der Waals surface area contributed by atoms with E-state index in [2.05, 4.69) is 23.3 Å². The molecule has 4 N–H and O–H groups in total. The Labute approximate surface area is 140 Å². The monoisotopic (exact) mass is 348 g/mol. The van der Waals surface area contributed by atoms with Gasteiger partial charge < -0.3 is 20.8 Å². The standard InChI is InChI=1S/C14H24N2O6S/c1-8(2)12(14(21)22)16-13(20)9(7-23)15-10(17)5-3-4-6-11(18)19/h8-9,12,23H,3-7H2,1-2H3,(H,15,17)(H,16,20)(H,18,19)(H,21,22)/t9-,12+/m0/s1. The van der Waals surface area contributed by atoms with Crippen LogP contribution in [0, 0.1) is 5.92 Å². The topological polar surface area (TPSA) is 133 Å². The van der Waals surface area contributed by atoms with Gasteiger partial charge in [0.15, 0.2) is 0 Å². The van der Waals surface area contributed by atoms with Gasteiger partial charge in [0.2, 0.25) is 11.8 Å². The van der Waals surface area contributed by atoms with Crippen LogP contribution in [0.2, 0.25) is 0 Å². The minimum absolute atomic E-state index is 0.0154. The number of aliphatic carboxylic acids is 2. The first-order valence-corrected chi connectivity index (χ1v) is 7.97. The third kappa shape index (κ3) is 9.07. The Morgan fingerprint density at radius 1 is 1.00 bits per heavy atom. The molecule has 0 rings (SSSR count). The largest absolute Gasteiger partial charge is 0.481 e. The Hall–Kier alpha value is -1.77. The minimum Gasteiger partial charge on any atom is -0.481 e. The van der Waals surface area contributed by atoms with Gasteiger partial charge in [-0.05, 0) is 18.8 Å². The summed E-state index contributed by atoms with van der Waals surface area (Å²) in [5, 5.41) is 22.4. The molecule has 0 aromatic rings. The van der Waals surface area contributed by atoms with Crippen molar-refractivity contribution >= 4 is 36.4 Å². The Kier molecular flexibility index (Phi) is 10.0. The fourth-order valence-electron chi connectivity index (χ4n) is 1.79. The number of carboxylic acids is 2. The van der Waals surface area contributed by atoms with Crippen LogP contribution in [0.1, 0.15) is 39.5 Å². The zero-order chi connectivity index (χ0) is 18.0. The minimum atomic E-state index is -1.15. The molecule has 0 saturated carbocycles. The van der Waals surface area contributed by atoms with Gasteiger partial charge in [-0.25, -0.2) is 4.79 Å². The molecule has 0 aliphatic heterocycles. The second-order valence-corrected chi connectivity index (χ2v) is 5.84. The summed E-state index contributed by atoms with van der Waals surface area (Å²) >= 11 is 3.99. The number of carboxylic acid groups (broad SMARTS) is 2. The fraction of sp³-hybridized carbons (Fsp3) is 0.714. The lowest BCUT2D eigenvalue weighted by Crippen LogP contribution is -2.53. The molecule has 2 atom stereocenters. The smallest absolute Gasteiger partial charge is 0.326 e. The molecule has 2 amide bonds. The number of rotatable bonds is 11. The highest BCUT2D eigenvalue weighted by atomic mass is 32.1. The number of carbonyl (C=O) groups excluding carboxylic acids is 2. The Morgan fingerprint density at radius 2 is 1.57 bits per heavy atom. The van der Waals surface area contributed by atoms with Gasteiger partial charge in [0.25, 0.3) is 0 Å². The SMILES string of the molecule is CC(C)[C@@H](NC(=O)[C@H](CS)NC(=O)CCCCC(=O)O)C(=O)O. The number of hydrogen-bond acceptors (Lipinski definition) is 5. The molecule has 0 fully saturated rings.